The van der Waals surface area contributed by atoms with Gasteiger partial charge in [0.2, 0.25) is 0 Å². The molecule has 0 atom stereocenters. The van der Waals surface area contributed by atoms with Crippen LogP contribution in [-0.4, -0.2) is 29.3 Å². The molecular weight excluding hydrogens is 239 g/mol. The molecule has 0 fully saturated rings. The standard InChI is InChI=1S/C10H10F3NO3/c11-10(12,13)8-2-1-6(14-3-4-15)5-7(8)9(16)17/h1-2,5,14-15H,3-4H2,(H,16,17). The minimum atomic E-state index is -4.71. The smallest absolute Gasteiger partial charge is 0.417 e. The van der Waals surface area contributed by atoms with Crippen molar-refractivity contribution in [1.82, 2.24) is 0 Å². The van der Waals surface area contributed by atoms with Crippen LogP contribution >= 0.6 is 0 Å². The molecular formula is C10H10F3NO3. The van der Waals surface area contributed by atoms with Crippen molar-refractivity contribution < 1.29 is 28.2 Å². The average molecular weight is 249 g/mol. The van der Waals surface area contributed by atoms with E-state index >= 15 is 0 Å². The van der Waals surface area contributed by atoms with Crippen molar-refractivity contribution in [3.05, 3.63) is 29.3 Å². The highest BCUT2D eigenvalue weighted by molar-refractivity contribution is 5.91. The fraction of sp³-hybridized carbons (Fsp3) is 0.300. The summed E-state index contributed by atoms with van der Waals surface area (Å²) in [4.78, 5) is 10.7. The molecule has 1 aromatic carbocycles. The molecule has 1 aromatic rings. The van der Waals surface area contributed by atoms with E-state index in [0.29, 0.717) is 6.07 Å². The molecule has 0 saturated carbocycles. The number of carboxylic acids is 1. The molecule has 0 spiro atoms. The Bertz CT molecular complexity index is 418. The summed E-state index contributed by atoms with van der Waals surface area (Å²) in [7, 11) is 0. The summed E-state index contributed by atoms with van der Waals surface area (Å²) in [5.74, 6) is -1.65. The molecule has 7 heteroatoms. The predicted octanol–water partition coefficient (Wildman–Crippen LogP) is 1.81. The van der Waals surface area contributed by atoms with Gasteiger partial charge in [-0.15, -0.1) is 0 Å². The Balaban J connectivity index is 3.13. The first-order chi connectivity index (χ1) is 7.86. The first kappa shape index (κ1) is 13.3. The predicted molar refractivity (Wildman–Crippen MR) is 54.0 cm³/mol. The second-order valence-corrected chi connectivity index (χ2v) is 3.21. The molecule has 0 radical (unpaired) electrons. The Labute approximate surface area is 94.7 Å². The number of hydrogen-bond acceptors (Lipinski definition) is 3. The number of halogens is 3. The number of hydrogen-bond donors (Lipinski definition) is 3. The van der Waals surface area contributed by atoms with Crippen LogP contribution < -0.4 is 5.32 Å². The van der Waals surface area contributed by atoms with Crippen LogP contribution in [-0.2, 0) is 6.18 Å². The number of benzene rings is 1. The summed E-state index contributed by atoms with van der Waals surface area (Å²) in [6.07, 6.45) is -4.71. The number of aliphatic hydroxyl groups is 1. The van der Waals surface area contributed by atoms with Gasteiger partial charge in [0.15, 0.2) is 0 Å². The molecule has 0 bridgehead atoms. The summed E-state index contributed by atoms with van der Waals surface area (Å²) < 4.78 is 37.4. The van der Waals surface area contributed by atoms with Crippen LogP contribution in [0, 0.1) is 0 Å². The summed E-state index contributed by atoms with van der Waals surface area (Å²) in [5, 5.41) is 19.8. The van der Waals surface area contributed by atoms with Crippen molar-refractivity contribution in [2.24, 2.45) is 0 Å². The largest absolute Gasteiger partial charge is 0.478 e. The van der Waals surface area contributed by atoms with Gasteiger partial charge in [-0.25, -0.2) is 4.79 Å². The van der Waals surface area contributed by atoms with E-state index < -0.39 is 23.3 Å². The van der Waals surface area contributed by atoms with E-state index in [1.807, 2.05) is 0 Å². The number of aliphatic hydroxyl groups excluding tert-OH is 1. The van der Waals surface area contributed by atoms with E-state index in [1.165, 1.54) is 0 Å². The first-order valence-corrected chi connectivity index (χ1v) is 4.65. The SMILES string of the molecule is O=C(O)c1cc(NCCO)ccc1C(F)(F)F. The molecule has 3 N–H and O–H groups in total. The van der Waals surface area contributed by atoms with Crippen LogP contribution in [0.1, 0.15) is 15.9 Å². The summed E-state index contributed by atoms with van der Waals surface area (Å²) in [6, 6.07) is 2.70. The number of carboxylic acid groups (broad SMARTS) is 1. The quantitative estimate of drug-likeness (QED) is 0.761. The van der Waals surface area contributed by atoms with Gasteiger partial charge in [0.25, 0.3) is 0 Å². The van der Waals surface area contributed by atoms with Crippen molar-refractivity contribution in [3.8, 4) is 0 Å². The van der Waals surface area contributed by atoms with E-state index in [0.717, 1.165) is 12.1 Å². The third-order valence-electron chi connectivity index (χ3n) is 2.00. The monoisotopic (exact) mass is 249 g/mol. The summed E-state index contributed by atoms with van der Waals surface area (Å²) >= 11 is 0. The van der Waals surface area contributed by atoms with Crippen molar-refractivity contribution in [2.75, 3.05) is 18.5 Å². The molecule has 0 unspecified atom stereocenters. The van der Waals surface area contributed by atoms with Gasteiger partial charge < -0.3 is 15.5 Å². The van der Waals surface area contributed by atoms with Crippen LogP contribution in [0.2, 0.25) is 0 Å². The summed E-state index contributed by atoms with van der Waals surface area (Å²) in [5.41, 5.74) is -1.80. The van der Waals surface area contributed by atoms with Gasteiger partial charge in [0.1, 0.15) is 0 Å². The molecule has 0 aromatic heterocycles. The topological polar surface area (TPSA) is 69.6 Å². The first-order valence-electron chi connectivity index (χ1n) is 4.65. The lowest BCUT2D eigenvalue weighted by atomic mass is 10.1. The molecule has 0 aliphatic carbocycles. The van der Waals surface area contributed by atoms with E-state index in [4.69, 9.17) is 10.2 Å². The van der Waals surface area contributed by atoms with Gasteiger partial charge in [-0.3, -0.25) is 0 Å². The highest BCUT2D eigenvalue weighted by Crippen LogP contribution is 2.33. The molecule has 1 rings (SSSR count). The minimum absolute atomic E-state index is 0.129. The van der Waals surface area contributed by atoms with E-state index in [9.17, 15) is 18.0 Å². The van der Waals surface area contributed by atoms with Crippen molar-refractivity contribution in [1.29, 1.82) is 0 Å². The maximum Gasteiger partial charge on any atom is 0.417 e. The fourth-order valence-corrected chi connectivity index (χ4v) is 1.28. The highest BCUT2D eigenvalue weighted by atomic mass is 19.4. The Morgan fingerprint density at radius 1 is 1.35 bits per heavy atom. The van der Waals surface area contributed by atoms with Crippen LogP contribution in [0.3, 0.4) is 0 Å². The molecule has 4 nitrogen and oxygen atoms in total. The van der Waals surface area contributed by atoms with Crippen molar-refractivity contribution in [3.63, 3.8) is 0 Å². The third kappa shape index (κ3) is 3.35. The van der Waals surface area contributed by atoms with Gasteiger partial charge in [0.05, 0.1) is 17.7 Å². The number of anilines is 1. The number of rotatable bonds is 4. The second-order valence-electron chi connectivity index (χ2n) is 3.21. The zero-order valence-corrected chi connectivity index (χ0v) is 8.58. The van der Waals surface area contributed by atoms with Gasteiger partial charge in [-0.05, 0) is 18.2 Å². The lowest BCUT2D eigenvalue weighted by molar-refractivity contribution is -0.138. The lowest BCUT2D eigenvalue weighted by Crippen LogP contribution is -2.14. The van der Waals surface area contributed by atoms with Gasteiger partial charge in [-0.2, -0.15) is 13.2 Å². The zero-order chi connectivity index (χ0) is 13.1. The molecule has 94 valence electrons. The van der Waals surface area contributed by atoms with E-state index in [1.54, 1.807) is 0 Å². The number of carbonyl (C=O) groups is 1. The van der Waals surface area contributed by atoms with Gasteiger partial charge >= 0.3 is 12.1 Å². The normalized spacial score (nSPS) is 11.3. The molecule has 0 amide bonds. The molecule has 0 aliphatic heterocycles. The van der Waals surface area contributed by atoms with E-state index in [-0.39, 0.29) is 18.8 Å². The lowest BCUT2D eigenvalue weighted by Gasteiger charge is -2.12. The third-order valence-corrected chi connectivity index (χ3v) is 2.00. The Morgan fingerprint density at radius 3 is 2.47 bits per heavy atom. The van der Waals surface area contributed by atoms with Crippen LogP contribution in [0.25, 0.3) is 0 Å². The van der Waals surface area contributed by atoms with Crippen molar-refractivity contribution in [2.45, 2.75) is 6.18 Å². The van der Waals surface area contributed by atoms with Gasteiger partial charge in [0, 0.05) is 12.2 Å². The maximum atomic E-state index is 12.5. The van der Waals surface area contributed by atoms with Crippen LogP contribution in [0.4, 0.5) is 18.9 Å². The Kier molecular flexibility index (Phi) is 3.95. The van der Waals surface area contributed by atoms with Crippen molar-refractivity contribution >= 4 is 11.7 Å². The van der Waals surface area contributed by atoms with Gasteiger partial charge in [-0.1, -0.05) is 0 Å². The number of nitrogens with one attached hydrogen (secondary N) is 1. The molecule has 0 aliphatic rings. The van der Waals surface area contributed by atoms with E-state index in [2.05, 4.69) is 5.32 Å². The Hall–Kier alpha value is -1.76. The zero-order valence-electron chi connectivity index (χ0n) is 8.58. The average Bonchev–Trinajstić information content (AvgIpc) is 2.24. The van der Waals surface area contributed by atoms with Crippen LogP contribution in [0.15, 0.2) is 18.2 Å². The number of aromatic carboxylic acids is 1. The summed E-state index contributed by atoms with van der Waals surface area (Å²) in [6.45, 7) is -0.0755. The molecule has 0 saturated heterocycles. The molecule has 0 heterocycles. The highest BCUT2D eigenvalue weighted by Gasteiger charge is 2.35. The minimum Gasteiger partial charge on any atom is -0.478 e. The fourth-order valence-electron chi connectivity index (χ4n) is 1.28. The number of alkyl halides is 3. The molecule has 17 heavy (non-hydrogen) atoms. The Morgan fingerprint density at radius 2 is 2.00 bits per heavy atom. The second kappa shape index (κ2) is 5.05. The maximum absolute atomic E-state index is 12.5. The van der Waals surface area contributed by atoms with Crippen LogP contribution in [0.5, 0.6) is 0 Å².